The lowest BCUT2D eigenvalue weighted by Crippen LogP contribution is -2.53. The predicted molar refractivity (Wildman–Crippen MR) is 84.7 cm³/mol. The van der Waals surface area contributed by atoms with E-state index in [-0.39, 0.29) is 18.2 Å². The molecule has 5 rings (SSSR count). The Morgan fingerprint density at radius 3 is 2.68 bits per heavy atom. The van der Waals surface area contributed by atoms with Crippen molar-refractivity contribution in [3.05, 3.63) is 35.4 Å². The van der Waals surface area contributed by atoms with E-state index in [1.165, 1.54) is 37.1 Å². The molecule has 3 fully saturated rings. The number of hydrogen-bond acceptors (Lipinski definition) is 3. The summed E-state index contributed by atoms with van der Waals surface area (Å²) in [5.74, 6) is 0.571. The van der Waals surface area contributed by atoms with Crippen molar-refractivity contribution in [2.45, 2.75) is 38.3 Å². The number of ether oxygens (including phenoxy) is 1. The van der Waals surface area contributed by atoms with Crippen LogP contribution < -0.4 is 0 Å². The molecule has 1 aromatic rings. The molecule has 1 unspecified atom stereocenters. The number of carbonyl (C=O) groups is 1. The van der Waals surface area contributed by atoms with E-state index in [0.717, 1.165) is 19.5 Å². The summed E-state index contributed by atoms with van der Waals surface area (Å²) < 4.78 is 5.90. The Labute approximate surface area is 132 Å². The van der Waals surface area contributed by atoms with Crippen molar-refractivity contribution in [3.63, 3.8) is 0 Å². The lowest BCUT2D eigenvalue weighted by Gasteiger charge is -2.45. The first-order valence-electron chi connectivity index (χ1n) is 8.50. The summed E-state index contributed by atoms with van der Waals surface area (Å²) >= 11 is 0. The zero-order valence-corrected chi connectivity index (χ0v) is 13.2. The van der Waals surface area contributed by atoms with E-state index in [2.05, 4.69) is 36.1 Å². The van der Waals surface area contributed by atoms with Crippen LogP contribution in [0.5, 0.6) is 0 Å². The van der Waals surface area contributed by atoms with Crippen LogP contribution in [0.4, 0.5) is 4.79 Å². The second kappa shape index (κ2) is 5.58. The summed E-state index contributed by atoms with van der Waals surface area (Å²) in [7, 11) is 0. The Hall–Kier alpha value is -1.55. The third-order valence-electron chi connectivity index (χ3n) is 5.68. The highest BCUT2D eigenvalue weighted by Crippen LogP contribution is 2.33. The smallest absolute Gasteiger partial charge is 0.410 e. The molecule has 0 saturated carbocycles. The maximum atomic E-state index is 12.6. The van der Waals surface area contributed by atoms with Gasteiger partial charge in [-0.2, -0.15) is 0 Å². The predicted octanol–water partition coefficient (Wildman–Crippen LogP) is 2.84. The van der Waals surface area contributed by atoms with Crippen molar-refractivity contribution in [1.29, 1.82) is 0 Å². The van der Waals surface area contributed by atoms with Crippen LogP contribution in [0.3, 0.4) is 0 Å². The first-order chi connectivity index (χ1) is 10.7. The van der Waals surface area contributed by atoms with Gasteiger partial charge in [-0.1, -0.05) is 24.3 Å². The van der Waals surface area contributed by atoms with Gasteiger partial charge in [-0.15, -0.1) is 0 Å². The van der Waals surface area contributed by atoms with Crippen LogP contribution in [0.25, 0.3) is 0 Å². The Bertz CT molecular complexity index is 566. The minimum absolute atomic E-state index is 0.0966. The van der Waals surface area contributed by atoms with Gasteiger partial charge < -0.3 is 9.64 Å². The molecule has 4 heteroatoms. The van der Waals surface area contributed by atoms with Crippen molar-refractivity contribution in [3.8, 4) is 0 Å². The first kappa shape index (κ1) is 14.1. The topological polar surface area (TPSA) is 32.8 Å². The van der Waals surface area contributed by atoms with Crippen LogP contribution in [0.15, 0.2) is 24.3 Å². The molecule has 4 aliphatic rings. The van der Waals surface area contributed by atoms with Gasteiger partial charge in [0, 0.05) is 13.1 Å². The van der Waals surface area contributed by atoms with Gasteiger partial charge >= 0.3 is 6.09 Å². The fraction of sp³-hybridized carbons (Fsp3) is 0.611. The summed E-state index contributed by atoms with van der Waals surface area (Å²) in [5.41, 5.74) is 2.63. The summed E-state index contributed by atoms with van der Waals surface area (Å²) in [4.78, 5) is 17.0. The van der Waals surface area contributed by atoms with Gasteiger partial charge in [0.1, 0.15) is 6.10 Å². The minimum Gasteiger partial charge on any atom is -0.444 e. The molecule has 2 bridgehead atoms. The number of carbonyl (C=O) groups excluding carboxylic acids is 1. The molecule has 0 radical (unpaired) electrons. The van der Waals surface area contributed by atoms with Crippen molar-refractivity contribution >= 4 is 6.09 Å². The highest BCUT2D eigenvalue weighted by molar-refractivity contribution is 5.69. The van der Waals surface area contributed by atoms with Crippen LogP contribution >= 0.6 is 0 Å². The van der Waals surface area contributed by atoms with Crippen molar-refractivity contribution < 1.29 is 9.53 Å². The van der Waals surface area contributed by atoms with Gasteiger partial charge in [0.25, 0.3) is 0 Å². The third-order valence-corrected chi connectivity index (χ3v) is 5.68. The van der Waals surface area contributed by atoms with E-state index in [1.54, 1.807) is 0 Å². The molecule has 0 aliphatic carbocycles. The molecule has 0 spiro atoms. The van der Waals surface area contributed by atoms with Crippen LogP contribution in [0.2, 0.25) is 0 Å². The molecule has 4 aliphatic heterocycles. The summed E-state index contributed by atoms with van der Waals surface area (Å²) in [6.45, 7) is 6.14. The van der Waals surface area contributed by atoms with E-state index < -0.39 is 0 Å². The quantitative estimate of drug-likeness (QED) is 0.799. The highest BCUT2D eigenvalue weighted by atomic mass is 16.6. The highest BCUT2D eigenvalue weighted by Gasteiger charge is 2.38. The Morgan fingerprint density at radius 1 is 1.18 bits per heavy atom. The number of amides is 1. The van der Waals surface area contributed by atoms with E-state index >= 15 is 0 Å². The second-order valence-electron chi connectivity index (χ2n) is 6.88. The average molecular weight is 300 g/mol. The van der Waals surface area contributed by atoms with Crippen LogP contribution in [0, 0.1) is 5.92 Å². The zero-order chi connectivity index (χ0) is 15.1. The standard InChI is InChI=1S/C18H24N2O2/c1-13-16-5-3-2-4-14(16)8-11-20(13)18(21)22-17-12-19-9-6-15(17)7-10-19/h2-5,13,15,17H,6-12H2,1H3/t13?,17-/m1/s1. The molecule has 0 aromatic heterocycles. The largest absolute Gasteiger partial charge is 0.444 e. The summed E-state index contributed by atoms with van der Waals surface area (Å²) in [5, 5.41) is 0. The number of rotatable bonds is 1. The molecule has 1 aromatic carbocycles. The van der Waals surface area contributed by atoms with Gasteiger partial charge in [-0.05, 0) is 56.3 Å². The van der Waals surface area contributed by atoms with Crippen molar-refractivity contribution in [2.75, 3.05) is 26.2 Å². The lowest BCUT2D eigenvalue weighted by atomic mass is 9.86. The molecular formula is C18H24N2O2. The maximum absolute atomic E-state index is 12.6. The average Bonchev–Trinajstić information content (AvgIpc) is 2.56. The maximum Gasteiger partial charge on any atom is 0.410 e. The SMILES string of the molecule is CC1c2ccccc2CCN1C(=O)O[C@@H]1CN2CCC1CC2. The van der Waals surface area contributed by atoms with E-state index in [0.29, 0.717) is 5.92 Å². The van der Waals surface area contributed by atoms with E-state index in [1.807, 2.05) is 4.90 Å². The second-order valence-corrected chi connectivity index (χ2v) is 6.88. The van der Waals surface area contributed by atoms with Crippen molar-refractivity contribution in [2.24, 2.45) is 5.92 Å². The van der Waals surface area contributed by atoms with Gasteiger partial charge in [-0.25, -0.2) is 4.79 Å². The minimum atomic E-state index is -0.124. The van der Waals surface area contributed by atoms with Crippen LogP contribution in [-0.4, -0.2) is 48.2 Å². The lowest BCUT2D eigenvalue weighted by molar-refractivity contribution is -0.0469. The molecule has 118 valence electrons. The fourth-order valence-corrected chi connectivity index (χ4v) is 4.26. The number of nitrogens with zero attached hydrogens (tertiary/aromatic N) is 2. The number of benzene rings is 1. The van der Waals surface area contributed by atoms with E-state index in [4.69, 9.17) is 4.74 Å². The van der Waals surface area contributed by atoms with Crippen molar-refractivity contribution in [1.82, 2.24) is 9.80 Å². The summed E-state index contributed by atoms with van der Waals surface area (Å²) in [6, 6.07) is 8.54. The number of hydrogen-bond donors (Lipinski definition) is 0. The van der Waals surface area contributed by atoms with Crippen LogP contribution in [-0.2, 0) is 11.2 Å². The zero-order valence-electron chi connectivity index (χ0n) is 13.2. The van der Waals surface area contributed by atoms with Gasteiger partial charge in [0.15, 0.2) is 0 Å². The third kappa shape index (κ3) is 2.39. The molecule has 3 saturated heterocycles. The van der Waals surface area contributed by atoms with E-state index in [9.17, 15) is 4.79 Å². The fourth-order valence-electron chi connectivity index (χ4n) is 4.26. The normalized spacial score (nSPS) is 33.4. The molecular weight excluding hydrogens is 276 g/mol. The molecule has 0 N–H and O–H groups in total. The van der Waals surface area contributed by atoms with Gasteiger partial charge in [0.2, 0.25) is 0 Å². The molecule has 1 amide bonds. The number of piperidine rings is 3. The molecule has 4 nitrogen and oxygen atoms in total. The molecule has 4 heterocycles. The molecule has 2 atom stereocenters. The summed E-state index contributed by atoms with van der Waals surface area (Å²) in [6.07, 6.45) is 3.25. The van der Waals surface area contributed by atoms with Crippen LogP contribution in [0.1, 0.15) is 36.9 Å². The Kier molecular flexibility index (Phi) is 3.57. The molecule has 22 heavy (non-hydrogen) atoms. The number of fused-ring (bicyclic) bond motifs is 4. The van der Waals surface area contributed by atoms with Gasteiger partial charge in [0.05, 0.1) is 6.04 Å². The monoisotopic (exact) mass is 300 g/mol. The van der Waals surface area contributed by atoms with Gasteiger partial charge in [-0.3, -0.25) is 4.90 Å². The Morgan fingerprint density at radius 2 is 1.95 bits per heavy atom. The first-order valence-corrected chi connectivity index (χ1v) is 8.50. The Balaban J connectivity index is 1.45.